The zero-order valence-electron chi connectivity index (χ0n) is 25.1. The summed E-state index contributed by atoms with van der Waals surface area (Å²) in [5.41, 5.74) is 0.0116. The maximum atomic E-state index is 13.2. The van der Waals surface area contributed by atoms with Gasteiger partial charge >= 0.3 is 6.09 Å². The van der Waals surface area contributed by atoms with Gasteiger partial charge in [0.15, 0.2) is 0 Å². The Morgan fingerprint density at radius 1 is 0.809 bits per heavy atom. The highest BCUT2D eigenvalue weighted by atomic mass is 16.6. The molecule has 1 aliphatic heterocycles. The third-order valence-electron chi connectivity index (χ3n) is 7.43. The third-order valence-corrected chi connectivity index (χ3v) is 7.43. The Bertz CT molecular complexity index is 1700. The van der Waals surface area contributed by atoms with Crippen LogP contribution in [0.15, 0.2) is 61.1 Å². The third kappa shape index (κ3) is 9.06. The van der Waals surface area contributed by atoms with Crippen molar-refractivity contribution in [2.24, 2.45) is 5.92 Å². The summed E-state index contributed by atoms with van der Waals surface area (Å²) in [5, 5.41) is 14.1. The molecule has 244 valence electrons. The molecule has 5 rings (SSSR count). The van der Waals surface area contributed by atoms with E-state index in [0.717, 1.165) is 23.6 Å². The van der Waals surface area contributed by atoms with Crippen LogP contribution in [0.25, 0.3) is 10.8 Å². The van der Waals surface area contributed by atoms with Crippen LogP contribution in [0.1, 0.15) is 23.3 Å². The topological polar surface area (TPSA) is 218 Å². The van der Waals surface area contributed by atoms with E-state index in [9.17, 15) is 33.6 Å². The van der Waals surface area contributed by atoms with Gasteiger partial charge in [-0.15, -0.1) is 0 Å². The van der Waals surface area contributed by atoms with Gasteiger partial charge in [-0.1, -0.05) is 30.3 Å². The van der Waals surface area contributed by atoms with Crippen LogP contribution in [0, 0.1) is 5.92 Å². The van der Waals surface area contributed by atoms with E-state index in [1.807, 2.05) is 24.3 Å². The van der Waals surface area contributed by atoms with Crippen LogP contribution in [0.2, 0.25) is 0 Å². The van der Waals surface area contributed by atoms with E-state index in [4.69, 9.17) is 4.74 Å². The van der Waals surface area contributed by atoms with Crippen molar-refractivity contribution in [1.82, 2.24) is 41.5 Å². The fourth-order valence-corrected chi connectivity index (χ4v) is 4.80. The molecule has 47 heavy (non-hydrogen) atoms. The van der Waals surface area contributed by atoms with Gasteiger partial charge in [0.1, 0.15) is 11.4 Å². The second-order valence-corrected chi connectivity index (χ2v) is 11.0. The lowest BCUT2D eigenvalue weighted by atomic mass is 10.0. The summed E-state index contributed by atoms with van der Waals surface area (Å²) in [7, 11) is 0. The number of amides is 6. The minimum Gasteiger partial charge on any atom is -0.410 e. The molecule has 5 N–H and O–H groups in total. The van der Waals surface area contributed by atoms with Crippen molar-refractivity contribution < 1.29 is 38.3 Å². The monoisotopic (exact) mass is 644 g/mol. The minimum atomic E-state index is -1.01. The number of ketones is 1. The summed E-state index contributed by atoms with van der Waals surface area (Å²) in [5.74, 6) is -4.99. The van der Waals surface area contributed by atoms with E-state index < -0.39 is 73.0 Å². The molecule has 0 unspecified atom stereocenters. The molecule has 3 aromatic rings. The number of ether oxygens (including phenoxy) is 1. The first kappa shape index (κ1) is 32.5. The van der Waals surface area contributed by atoms with Crippen LogP contribution in [-0.2, 0) is 24.0 Å². The number of aromatic nitrogens is 2. The van der Waals surface area contributed by atoms with E-state index in [0.29, 0.717) is 0 Å². The molecule has 1 aromatic heterocycles. The fourth-order valence-electron chi connectivity index (χ4n) is 4.80. The van der Waals surface area contributed by atoms with Crippen molar-refractivity contribution in [2.75, 3.05) is 32.7 Å². The standard InChI is InChI=1S/C31H32N8O8/c40-25(30(45)37-20-6-7-20)13-35-28(43)22-16-39(31(46)47-21-8-5-18-3-1-2-4-19(18)11-21)17-24(22)38-27(42)15-34-26(41)14-36-29(44)23-12-32-9-10-33-23/h1-5,8-12,20,22,24H,6-7,13-17H2,(H,34,41)(H,35,43)(H,36,44)(H,37,45)(H,38,42)/t22-,24+/m1/s1. The first-order valence-corrected chi connectivity index (χ1v) is 14.8. The fraction of sp³-hybridized carbons (Fsp3) is 0.323. The van der Waals surface area contributed by atoms with Crippen LogP contribution in [-0.4, -0.2) is 101 Å². The molecule has 0 bridgehead atoms. The average molecular weight is 645 g/mol. The highest BCUT2D eigenvalue weighted by molar-refractivity contribution is 6.37. The summed E-state index contributed by atoms with van der Waals surface area (Å²) < 4.78 is 5.55. The van der Waals surface area contributed by atoms with Gasteiger partial charge in [-0.3, -0.25) is 33.8 Å². The average Bonchev–Trinajstić information content (AvgIpc) is 3.80. The molecule has 2 atom stereocenters. The Kier molecular flexibility index (Phi) is 10.3. The molecule has 2 aliphatic rings. The van der Waals surface area contributed by atoms with Gasteiger partial charge in [-0.25, -0.2) is 9.78 Å². The molecular weight excluding hydrogens is 612 g/mol. The van der Waals surface area contributed by atoms with Crippen molar-refractivity contribution in [3.8, 4) is 5.75 Å². The Hall–Kier alpha value is -5.93. The number of nitrogens with zero attached hydrogens (tertiary/aromatic N) is 3. The van der Waals surface area contributed by atoms with Crippen LogP contribution in [0.5, 0.6) is 5.75 Å². The molecule has 1 aliphatic carbocycles. The Balaban J connectivity index is 1.17. The van der Waals surface area contributed by atoms with Gasteiger partial charge in [-0.05, 0) is 35.7 Å². The predicted octanol–water partition coefficient (Wildman–Crippen LogP) is -0.945. The number of Topliss-reactive ketones (excluding diaryl/α,β-unsaturated/α-hetero) is 1. The summed E-state index contributed by atoms with van der Waals surface area (Å²) in [6.07, 6.45) is 4.76. The summed E-state index contributed by atoms with van der Waals surface area (Å²) in [6.45, 7) is -1.77. The number of nitrogens with one attached hydrogen (secondary N) is 5. The molecular formula is C31H32N8O8. The zero-order chi connectivity index (χ0) is 33.3. The highest BCUT2D eigenvalue weighted by Gasteiger charge is 2.41. The lowest BCUT2D eigenvalue weighted by Crippen LogP contribution is -2.50. The van der Waals surface area contributed by atoms with Gasteiger partial charge < -0.3 is 36.2 Å². The Morgan fingerprint density at radius 3 is 2.32 bits per heavy atom. The quantitative estimate of drug-likeness (QED) is 0.152. The summed E-state index contributed by atoms with van der Waals surface area (Å²) in [6, 6.07) is 11.7. The van der Waals surface area contributed by atoms with Crippen molar-refractivity contribution in [3.63, 3.8) is 0 Å². The zero-order valence-corrected chi connectivity index (χ0v) is 25.1. The van der Waals surface area contributed by atoms with Crippen LogP contribution < -0.4 is 31.3 Å². The molecule has 16 nitrogen and oxygen atoms in total. The van der Waals surface area contributed by atoms with E-state index in [-0.39, 0.29) is 30.6 Å². The molecule has 2 fully saturated rings. The molecule has 2 aromatic carbocycles. The number of carbonyl (C=O) groups is 7. The van der Waals surface area contributed by atoms with Crippen molar-refractivity contribution in [3.05, 3.63) is 66.7 Å². The molecule has 1 saturated carbocycles. The maximum absolute atomic E-state index is 13.2. The number of hydrogen-bond donors (Lipinski definition) is 5. The number of rotatable bonds is 12. The number of likely N-dealkylation sites (tertiary alicyclic amines) is 1. The van der Waals surface area contributed by atoms with Crippen LogP contribution in [0.4, 0.5) is 4.79 Å². The van der Waals surface area contributed by atoms with Gasteiger partial charge in [0.2, 0.25) is 23.5 Å². The predicted molar refractivity (Wildman–Crippen MR) is 164 cm³/mol. The van der Waals surface area contributed by atoms with Gasteiger partial charge in [-0.2, -0.15) is 0 Å². The maximum Gasteiger partial charge on any atom is 0.415 e. The number of fused-ring (bicyclic) bond motifs is 1. The second kappa shape index (κ2) is 14.9. The van der Waals surface area contributed by atoms with Gasteiger partial charge in [0, 0.05) is 31.5 Å². The number of carbonyl (C=O) groups excluding carboxylic acids is 7. The summed E-state index contributed by atoms with van der Waals surface area (Å²) in [4.78, 5) is 96.4. The smallest absolute Gasteiger partial charge is 0.410 e. The lowest BCUT2D eigenvalue weighted by Gasteiger charge is -2.19. The van der Waals surface area contributed by atoms with Gasteiger partial charge in [0.05, 0.1) is 37.8 Å². The van der Waals surface area contributed by atoms with Gasteiger partial charge in [0.25, 0.3) is 11.8 Å². The van der Waals surface area contributed by atoms with Crippen molar-refractivity contribution >= 4 is 52.2 Å². The molecule has 0 radical (unpaired) electrons. The van der Waals surface area contributed by atoms with E-state index in [2.05, 4.69) is 36.6 Å². The first-order chi connectivity index (χ1) is 22.7. The lowest BCUT2D eigenvalue weighted by molar-refractivity contribution is -0.138. The van der Waals surface area contributed by atoms with Crippen LogP contribution in [0.3, 0.4) is 0 Å². The van der Waals surface area contributed by atoms with E-state index in [1.165, 1.54) is 23.5 Å². The minimum absolute atomic E-state index is 0.0116. The largest absolute Gasteiger partial charge is 0.415 e. The molecule has 6 amide bonds. The normalized spacial score (nSPS) is 16.9. The SMILES string of the molecule is O=C(CNC(=O)c1cnccn1)NCC(=O)N[C@H]1CN(C(=O)Oc2ccc3ccccc3c2)C[C@H]1C(=O)NCC(=O)C(=O)NC1CC1. The summed E-state index contributed by atoms with van der Waals surface area (Å²) >= 11 is 0. The van der Waals surface area contributed by atoms with Crippen LogP contribution >= 0.6 is 0 Å². The first-order valence-electron chi connectivity index (χ1n) is 14.8. The van der Waals surface area contributed by atoms with Crippen molar-refractivity contribution in [1.29, 1.82) is 0 Å². The number of benzene rings is 2. The Labute approximate surface area is 268 Å². The van der Waals surface area contributed by atoms with Crippen molar-refractivity contribution in [2.45, 2.75) is 24.9 Å². The number of hydrogen-bond acceptors (Lipinski definition) is 10. The second-order valence-electron chi connectivity index (χ2n) is 11.0. The highest BCUT2D eigenvalue weighted by Crippen LogP contribution is 2.23. The van der Waals surface area contributed by atoms with E-state index >= 15 is 0 Å². The Morgan fingerprint density at radius 2 is 1.57 bits per heavy atom. The van der Waals surface area contributed by atoms with E-state index in [1.54, 1.807) is 18.2 Å². The molecule has 16 heteroatoms. The molecule has 1 saturated heterocycles. The molecule has 2 heterocycles. The molecule has 0 spiro atoms.